The summed E-state index contributed by atoms with van der Waals surface area (Å²) in [6.07, 6.45) is 3.42. The number of rotatable bonds is 6. The second-order valence-corrected chi connectivity index (χ2v) is 7.60. The predicted octanol–water partition coefficient (Wildman–Crippen LogP) is 4.47. The van der Waals surface area contributed by atoms with Crippen LogP contribution in [0.5, 0.6) is 5.88 Å². The quantitative estimate of drug-likeness (QED) is 0.645. The lowest BCUT2D eigenvalue weighted by Crippen LogP contribution is -2.32. The summed E-state index contributed by atoms with van der Waals surface area (Å²) in [5, 5.41) is 5.83. The van der Waals surface area contributed by atoms with E-state index in [0.29, 0.717) is 41.1 Å². The standard InChI is InChI=1S/C18H19F2N5O2S/c1-11-9-28-17(22-11)16-24-14(23-12-2-4-18(19,20)5-3-12)6-15(25-16)26-8-13-7-21-10-27-13/h6-7,9-10,12H,2-5,8H2,1H3,(H,23,24,25). The van der Waals surface area contributed by atoms with Gasteiger partial charge in [-0.2, -0.15) is 4.98 Å². The summed E-state index contributed by atoms with van der Waals surface area (Å²) in [7, 11) is 0. The molecular formula is C18H19F2N5O2S. The van der Waals surface area contributed by atoms with Crippen LogP contribution in [0.1, 0.15) is 37.1 Å². The molecule has 0 bridgehead atoms. The Balaban J connectivity index is 1.54. The molecule has 0 aliphatic heterocycles. The van der Waals surface area contributed by atoms with Crippen LogP contribution in [0.4, 0.5) is 14.6 Å². The zero-order valence-corrected chi connectivity index (χ0v) is 16.0. The van der Waals surface area contributed by atoms with E-state index in [1.54, 1.807) is 12.3 Å². The number of halogens is 2. The molecule has 1 saturated carbocycles. The highest BCUT2D eigenvalue weighted by atomic mass is 32.1. The molecule has 1 N–H and O–H groups in total. The highest BCUT2D eigenvalue weighted by Crippen LogP contribution is 2.34. The molecule has 0 unspecified atom stereocenters. The van der Waals surface area contributed by atoms with Gasteiger partial charge in [0.15, 0.2) is 23.0 Å². The number of oxazole rings is 1. The molecule has 3 aromatic heterocycles. The van der Waals surface area contributed by atoms with E-state index in [-0.39, 0.29) is 25.5 Å². The Morgan fingerprint density at radius 3 is 2.79 bits per heavy atom. The third-order valence-electron chi connectivity index (χ3n) is 4.43. The van der Waals surface area contributed by atoms with Gasteiger partial charge >= 0.3 is 0 Å². The molecular weight excluding hydrogens is 388 g/mol. The first-order chi connectivity index (χ1) is 13.5. The minimum absolute atomic E-state index is 0.0671. The number of alkyl halides is 2. The minimum Gasteiger partial charge on any atom is -0.469 e. The number of nitrogens with one attached hydrogen (secondary N) is 1. The molecule has 1 fully saturated rings. The fraction of sp³-hybridized carbons (Fsp3) is 0.444. The van der Waals surface area contributed by atoms with Crippen LogP contribution in [0.15, 0.2) is 28.5 Å². The molecule has 3 aromatic rings. The molecule has 3 heterocycles. The number of anilines is 1. The van der Waals surface area contributed by atoms with Gasteiger partial charge in [0.05, 0.1) is 6.20 Å². The molecule has 0 aromatic carbocycles. The molecule has 0 amide bonds. The van der Waals surface area contributed by atoms with Crippen LogP contribution >= 0.6 is 11.3 Å². The first-order valence-electron chi connectivity index (χ1n) is 8.93. The van der Waals surface area contributed by atoms with Crippen molar-refractivity contribution in [3.63, 3.8) is 0 Å². The Morgan fingerprint density at radius 1 is 1.29 bits per heavy atom. The van der Waals surface area contributed by atoms with Crippen LogP contribution in [0.2, 0.25) is 0 Å². The van der Waals surface area contributed by atoms with Crippen molar-refractivity contribution < 1.29 is 17.9 Å². The Morgan fingerprint density at radius 2 is 2.11 bits per heavy atom. The monoisotopic (exact) mass is 407 g/mol. The largest absolute Gasteiger partial charge is 0.469 e. The smallest absolute Gasteiger partial charge is 0.248 e. The lowest BCUT2D eigenvalue weighted by atomic mass is 9.92. The fourth-order valence-electron chi connectivity index (χ4n) is 2.98. The van der Waals surface area contributed by atoms with E-state index in [9.17, 15) is 8.78 Å². The van der Waals surface area contributed by atoms with Gasteiger partial charge in [-0.15, -0.1) is 11.3 Å². The molecule has 0 saturated heterocycles. The van der Waals surface area contributed by atoms with Gasteiger partial charge in [0.25, 0.3) is 0 Å². The summed E-state index contributed by atoms with van der Waals surface area (Å²) in [6, 6.07) is 1.59. The number of nitrogens with zero attached hydrogens (tertiary/aromatic N) is 4. The second kappa shape index (κ2) is 7.78. The number of thiazole rings is 1. The van der Waals surface area contributed by atoms with E-state index in [2.05, 4.69) is 25.3 Å². The number of aromatic nitrogens is 4. The summed E-state index contributed by atoms with van der Waals surface area (Å²) in [5.74, 6) is -0.705. The van der Waals surface area contributed by atoms with Crippen molar-refractivity contribution >= 4 is 17.2 Å². The third-order valence-corrected chi connectivity index (χ3v) is 5.38. The van der Waals surface area contributed by atoms with Gasteiger partial charge in [0.2, 0.25) is 11.8 Å². The average Bonchev–Trinajstić information content (AvgIpc) is 3.33. The van der Waals surface area contributed by atoms with Gasteiger partial charge in [-0.25, -0.2) is 23.7 Å². The SMILES string of the molecule is Cc1csc(-c2nc(NC3CCC(F)(F)CC3)cc(OCc3cnco3)n2)n1. The van der Waals surface area contributed by atoms with Crippen molar-refractivity contribution in [3.8, 4) is 16.7 Å². The van der Waals surface area contributed by atoms with E-state index in [1.807, 2.05) is 12.3 Å². The summed E-state index contributed by atoms with van der Waals surface area (Å²) in [6.45, 7) is 2.06. The fourth-order valence-corrected chi connectivity index (χ4v) is 3.71. The van der Waals surface area contributed by atoms with Crippen molar-refractivity contribution in [2.24, 2.45) is 0 Å². The van der Waals surface area contributed by atoms with Crippen LogP contribution in [-0.4, -0.2) is 31.9 Å². The first kappa shape index (κ1) is 18.7. The van der Waals surface area contributed by atoms with Gasteiger partial charge in [0.1, 0.15) is 12.4 Å². The number of ether oxygens (including phenoxy) is 1. The van der Waals surface area contributed by atoms with E-state index in [0.717, 1.165) is 5.69 Å². The number of aryl methyl sites for hydroxylation is 1. The number of hydrogen-bond donors (Lipinski definition) is 1. The highest BCUT2D eigenvalue weighted by Gasteiger charge is 2.35. The topological polar surface area (TPSA) is 86.0 Å². The van der Waals surface area contributed by atoms with Gasteiger partial charge in [-0.05, 0) is 19.8 Å². The Bertz CT molecular complexity index is 922. The van der Waals surface area contributed by atoms with Gasteiger partial charge in [-0.3, -0.25) is 0 Å². The van der Waals surface area contributed by atoms with Crippen molar-refractivity contribution in [1.29, 1.82) is 0 Å². The van der Waals surface area contributed by atoms with Crippen LogP contribution in [-0.2, 0) is 6.61 Å². The molecule has 7 nitrogen and oxygen atoms in total. The number of hydrogen-bond acceptors (Lipinski definition) is 8. The molecule has 0 radical (unpaired) electrons. The van der Waals surface area contributed by atoms with Gasteiger partial charge in [0, 0.05) is 36.0 Å². The van der Waals surface area contributed by atoms with Crippen molar-refractivity contribution in [2.75, 3.05) is 5.32 Å². The minimum atomic E-state index is -2.57. The lowest BCUT2D eigenvalue weighted by Gasteiger charge is -2.29. The van der Waals surface area contributed by atoms with Gasteiger partial charge < -0.3 is 14.5 Å². The van der Waals surface area contributed by atoms with E-state index >= 15 is 0 Å². The van der Waals surface area contributed by atoms with Crippen LogP contribution < -0.4 is 10.1 Å². The maximum Gasteiger partial charge on any atom is 0.248 e. The highest BCUT2D eigenvalue weighted by molar-refractivity contribution is 7.13. The third kappa shape index (κ3) is 4.61. The van der Waals surface area contributed by atoms with E-state index in [1.165, 1.54) is 17.7 Å². The summed E-state index contributed by atoms with van der Waals surface area (Å²) < 4.78 is 37.7. The molecule has 0 atom stereocenters. The van der Waals surface area contributed by atoms with Crippen molar-refractivity contribution in [2.45, 2.75) is 51.2 Å². The van der Waals surface area contributed by atoms with E-state index in [4.69, 9.17) is 9.15 Å². The maximum absolute atomic E-state index is 13.4. The van der Waals surface area contributed by atoms with Crippen LogP contribution in [0.25, 0.3) is 10.8 Å². The molecule has 4 rings (SSSR count). The van der Waals surface area contributed by atoms with Crippen molar-refractivity contribution in [3.05, 3.63) is 35.5 Å². The second-order valence-electron chi connectivity index (χ2n) is 6.74. The molecule has 148 valence electrons. The summed E-state index contributed by atoms with van der Waals surface area (Å²) >= 11 is 1.43. The molecule has 0 spiro atoms. The first-order valence-corrected chi connectivity index (χ1v) is 9.81. The predicted molar refractivity (Wildman–Crippen MR) is 99.5 cm³/mol. The van der Waals surface area contributed by atoms with Crippen molar-refractivity contribution in [1.82, 2.24) is 19.9 Å². The van der Waals surface area contributed by atoms with Crippen LogP contribution in [0, 0.1) is 6.92 Å². The van der Waals surface area contributed by atoms with E-state index < -0.39 is 5.92 Å². The average molecular weight is 407 g/mol. The molecule has 1 aliphatic carbocycles. The molecule has 1 aliphatic rings. The van der Waals surface area contributed by atoms with Gasteiger partial charge in [-0.1, -0.05) is 0 Å². The Labute approximate surface area is 164 Å². The normalized spacial score (nSPS) is 16.8. The Hall–Kier alpha value is -2.62. The molecule has 28 heavy (non-hydrogen) atoms. The Kier molecular flexibility index (Phi) is 5.21. The lowest BCUT2D eigenvalue weighted by molar-refractivity contribution is -0.0361. The molecule has 10 heteroatoms. The zero-order valence-electron chi connectivity index (χ0n) is 15.2. The van der Waals surface area contributed by atoms with Crippen LogP contribution in [0.3, 0.4) is 0 Å². The summed E-state index contributed by atoms with van der Waals surface area (Å²) in [4.78, 5) is 17.2. The summed E-state index contributed by atoms with van der Waals surface area (Å²) in [5.41, 5.74) is 0.876. The zero-order chi connectivity index (χ0) is 19.6. The maximum atomic E-state index is 13.4.